The van der Waals surface area contributed by atoms with E-state index in [1.807, 2.05) is 0 Å². The van der Waals surface area contributed by atoms with E-state index in [1.165, 1.54) is 44.6 Å². The number of nitrogens with one attached hydrogen (secondary N) is 1. The molecule has 12 nitrogen and oxygen atoms in total. The van der Waals surface area contributed by atoms with Gasteiger partial charge in [0.05, 0.1) is 18.5 Å². The number of hydrogen-bond donors (Lipinski definition) is 4. The second-order valence-electron chi connectivity index (χ2n) is 10.1. The second kappa shape index (κ2) is 15.0. The monoisotopic (exact) mass is 580 g/mol. The van der Waals surface area contributed by atoms with Gasteiger partial charge in [-0.2, -0.15) is 13.8 Å². The summed E-state index contributed by atoms with van der Waals surface area (Å²) in [7, 11) is 0. The van der Waals surface area contributed by atoms with Crippen molar-refractivity contribution in [3.8, 4) is 11.4 Å². The minimum Gasteiger partial charge on any atom is -0.394 e. The van der Waals surface area contributed by atoms with Crippen LogP contribution in [0.1, 0.15) is 98.3 Å². The van der Waals surface area contributed by atoms with Crippen LogP contribution in [0, 0.1) is 0 Å². The van der Waals surface area contributed by atoms with E-state index in [-0.39, 0.29) is 22.8 Å². The topological polar surface area (TPSA) is 183 Å². The molecule has 3 rings (SSSR count). The summed E-state index contributed by atoms with van der Waals surface area (Å²) in [5, 5.41) is 21.6. The van der Waals surface area contributed by atoms with E-state index in [4.69, 9.17) is 15.6 Å². The third-order valence-corrected chi connectivity index (χ3v) is 6.94. The Labute approximate surface area is 236 Å². The van der Waals surface area contributed by atoms with Crippen LogP contribution in [0.25, 0.3) is 11.4 Å². The first-order valence-corrected chi connectivity index (χ1v) is 14.0. The van der Waals surface area contributed by atoms with E-state index in [0.29, 0.717) is 11.1 Å². The van der Waals surface area contributed by atoms with Gasteiger partial charge in [-0.1, -0.05) is 64.7 Å². The van der Waals surface area contributed by atoms with Gasteiger partial charge < -0.3 is 26.0 Å². The van der Waals surface area contributed by atoms with Gasteiger partial charge in [0, 0.05) is 12.7 Å². The molecule has 0 unspecified atom stereocenters. The Hall–Kier alpha value is -3.36. The number of carbonyl (C=O) groups excluding carboxylic acids is 2. The third-order valence-electron chi connectivity index (χ3n) is 6.94. The predicted molar refractivity (Wildman–Crippen MR) is 144 cm³/mol. The number of hydrogen-bond acceptors (Lipinski definition) is 9. The van der Waals surface area contributed by atoms with Crippen molar-refractivity contribution in [1.29, 1.82) is 0 Å². The molecule has 0 spiro atoms. The Morgan fingerprint density at radius 2 is 1.68 bits per heavy atom. The molecule has 1 aliphatic heterocycles. The standard InChI is InChI=1S/C27H38F2N6O6/c1-2-3-4-5-6-7-8-9-10-11-13-31-24(39)21-20(23(30)38)32-15-18(33-21)17-12-14-35(26(40)34-17)25-27(28,29)22(37)19(16-36)41-25/h12,14-15,19,22,25,36-37H,2-11,13,16H2,1H3,(H2,30,38)(H,31,39)/t19-,22-,25-/m1/s1. The number of nitrogens with two attached hydrogens (primary N) is 1. The molecule has 2 aromatic rings. The lowest BCUT2D eigenvalue weighted by Crippen LogP contribution is -2.41. The lowest BCUT2D eigenvalue weighted by molar-refractivity contribution is -0.140. The number of aromatic nitrogens is 4. The molecule has 226 valence electrons. The third kappa shape index (κ3) is 8.11. The number of halogens is 2. The second-order valence-corrected chi connectivity index (χ2v) is 10.1. The molecule has 3 heterocycles. The van der Waals surface area contributed by atoms with Gasteiger partial charge >= 0.3 is 11.6 Å². The molecule has 5 N–H and O–H groups in total. The van der Waals surface area contributed by atoms with Gasteiger partial charge in [-0.25, -0.2) is 14.8 Å². The van der Waals surface area contributed by atoms with Crippen LogP contribution in [0.2, 0.25) is 0 Å². The fraction of sp³-hybridized carbons (Fsp3) is 0.630. The van der Waals surface area contributed by atoms with Crippen molar-refractivity contribution in [2.24, 2.45) is 5.73 Å². The van der Waals surface area contributed by atoms with E-state index in [1.54, 1.807) is 0 Å². The molecular weight excluding hydrogens is 542 g/mol. The zero-order valence-corrected chi connectivity index (χ0v) is 23.1. The van der Waals surface area contributed by atoms with Crippen LogP contribution in [0.3, 0.4) is 0 Å². The van der Waals surface area contributed by atoms with Crippen molar-refractivity contribution >= 4 is 11.8 Å². The number of ether oxygens (including phenoxy) is 1. The van der Waals surface area contributed by atoms with E-state index < -0.39 is 48.5 Å². The number of primary amides is 1. The van der Waals surface area contributed by atoms with Crippen molar-refractivity contribution in [2.75, 3.05) is 13.2 Å². The van der Waals surface area contributed by atoms with E-state index in [0.717, 1.165) is 38.1 Å². The summed E-state index contributed by atoms with van der Waals surface area (Å²) in [5.74, 6) is -5.53. The number of unbranched alkanes of at least 4 members (excludes halogenated alkanes) is 9. The van der Waals surface area contributed by atoms with Crippen LogP contribution in [0.5, 0.6) is 0 Å². The molecule has 41 heavy (non-hydrogen) atoms. The highest BCUT2D eigenvalue weighted by Crippen LogP contribution is 2.42. The van der Waals surface area contributed by atoms with E-state index in [2.05, 4.69) is 27.2 Å². The van der Waals surface area contributed by atoms with E-state index >= 15 is 0 Å². The number of aliphatic hydroxyl groups excluding tert-OH is 2. The predicted octanol–water partition coefficient (Wildman–Crippen LogP) is 2.34. The van der Waals surface area contributed by atoms with Crippen LogP contribution in [0.15, 0.2) is 23.3 Å². The number of alkyl halides is 2. The van der Waals surface area contributed by atoms with Crippen molar-refractivity contribution < 1.29 is 33.3 Å². The van der Waals surface area contributed by atoms with Gasteiger partial charge in [-0.3, -0.25) is 14.2 Å². The minimum atomic E-state index is -3.87. The average Bonchev–Trinajstić information content (AvgIpc) is 3.18. The molecule has 3 atom stereocenters. The molecular formula is C27H38F2N6O6. The highest BCUT2D eigenvalue weighted by Gasteiger charge is 2.59. The van der Waals surface area contributed by atoms with Gasteiger partial charge in [0.25, 0.3) is 11.8 Å². The smallest absolute Gasteiger partial charge is 0.350 e. The number of aliphatic hydroxyl groups is 2. The lowest BCUT2D eigenvalue weighted by atomic mass is 10.1. The maximum atomic E-state index is 14.5. The first-order valence-electron chi connectivity index (χ1n) is 14.0. The van der Waals surface area contributed by atoms with Crippen molar-refractivity contribution in [3.05, 3.63) is 40.3 Å². The summed E-state index contributed by atoms with van der Waals surface area (Å²) in [5.41, 5.74) is 3.29. The van der Waals surface area contributed by atoms with Crippen LogP contribution in [-0.2, 0) is 4.74 Å². The molecule has 0 saturated carbocycles. The summed E-state index contributed by atoms with van der Waals surface area (Å²) >= 11 is 0. The lowest BCUT2D eigenvalue weighted by Gasteiger charge is -2.21. The van der Waals surface area contributed by atoms with Crippen molar-refractivity contribution in [1.82, 2.24) is 24.8 Å². The summed E-state index contributed by atoms with van der Waals surface area (Å²) in [4.78, 5) is 49.1. The van der Waals surface area contributed by atoms with Gasteiger partial charge in [0.1, 0.15) is 11.8 Å². The molecule has 14 heteroatoms. The Kier molecular flexibility index (Phi) is 11.8. The SMILES string of the molecule is CCCCCCCCCCCCNC(=O)c1nc(-c2ccn([C@@H]3O[C@H](CO)[C@@H](O)C3(F)F)c(=O)n2)cnc1C(N)=O. The molecule has 2 amide bonds. The zero-order valence-electron chi connectivity index (χ0n) is 23.1. The van der Waals surface area contributed by atoms with Gasteiger partial charge in [0.15, 0.2) is 17.5 Å². The molecule has 0 radical (unpaired) electrons. The maximum Gasteiger partial charge on any atom is 0.350 e. The van der Waals surface area contributed by atoms with Gasteiger partial charge in [-0.05, 0) is 12.5 Å². The summed E-state index contributed by atoms with van der Waals surface area (Å²) in [6.07, 6.45) is 7.29. The van der Waals surface area contributed by atoms with Crippen LogP contribution >= 0.6 is 0 Å². The largest absolute Gasteiger partial charge is 0.394 e. The van der Waals surface area contributed by atoms with Crippen LogP contribution in [-0.4, -0.2) is 72.8 Å². The fourth-order valence-electron chi connectivity index (χ4n) is 4.60. The summed E-state index contributed by atoms with van der Waals surface area (Å²) in [6.45, 7) is 1.67. The summed E-state index contributed by atoms with van der Waals surface area (Å²) in [6, 6.07) is 1.17. The van der Waals surface area contributed by atoms with Gasteiger partial charge in [-0.15, -0.1) is 0 Å². The highest BCUT2D eigenvalue weighted by molar-refractivity contribution is 6.04. The zero-order chi connectivity index (χ0) is 30.0. The molecule has 2 aromatic heterocycles. The quantitative estimate of drug-likeness (QED) is 0.217. The first-order chi connectivity index (χ1) is 19.6. The Bertz CT molecular complexity index is 1240. The van der Waals surface area contributed by atoms with Crippen LogP contribution < -0.4 is 16.7 Å². The van der Waals surface area contributed by atoms with Crippen molar-refractivity contribution in [2.45, 2.75) is 95.5 Å². The average molecular weight is 581 g/mol. The molecule has 0 bridgehead atoms. The number of nitrogens with zero attached hydrogens (tertiary/aromatic N) is 4. The first kappa shape index (κ1) is 32.2. The highest BCUT2D eigenvalue weighted by atomic mass is 19.3. The minimum absolute atomic E-state index is 0.0734. The maximum absolute atomic E-state index is 14.5. The Balaban J connectivity index is 1.63. The number of rotatable bonds is 16. The summed E-state index contributed by atoms with van der Waals surface area (Å²) < 4.78 is 34.4. The Morgan fingerprint density at radius 1 is 1.05 bits per heavy atom. The molecule has 1 fully saturated rings. The van der Waals surface area contributed by atoms with E-state index in [9.17, 15) is 28.3 Å². The fourth-order valence-corrected chi connectivity index (χ4v) is 4.60. The molecule has 0 aliphatic carbocycles. The molecule has 1 aliphatic rings. The van der Waals surface area contributed by atoms with Crippen LogP contribution in [0.4, 0.5) is 8.78 Å². The number of amides is 2. The molecule has 1 saturated heterocycles. The van der Waals surface area contributed by atoms with Crippen molar-refractivity contribution in [3.63, 3.8) is 0 Å². The van der Waals surface area contributed by atoms with Gasteiger partial charge in [0.2, 0.25) is 6.23 Å². The number of carbonyl (C=O) groups is 2. The normalized spacial score (nSPS) is 19.8. The molecule has 0 aromatic carbocycles. The Morgan fingerprint density at radius 3 is 2.24 bits per heavy atom.